The summed E-state index contributed by atoms with van der Waals surface area (Å²) in [6.45, 7) is -1.35. The van der Waals surface area contributed by atoms with Gasteiger partial charge in [-0.15, -0.1) is 0 Å². The molecule has 3 nitrogen and oxygen atoms in total. The lowest BCUT2D eigenvalue weighted by Gasteiger charge is -2.05. The first-order chi connectivity index (χ1) is 7.13. The fourth-order valence-corrected chi connectivity index (χ4v) is 1.06. The van der Waals surface area contributed by atoms with Crippen LogP contribution in [-0.2, 0) is 9.47 Å². The average molecular weight is 182 g/mol. The van der Waals surface area contributed by atoms with Crippen LogP contribution in [0.3, 0.4) is 0 Å². The number of hydrogen-bond donors (Lipinski definition) is 0. The van der Waals surface area contributed by atoms with E-state index in [1.165, 1.54) is 0 Å². The van der Waals surface area contributed by atoms with E-state index in [1.54, 1.807) is 25.3 Å². The molecule has 0 bridgehead atoms. The van der Waals surface area contributed by atoms with Gasteiger partial charge in [0.15, 0.2) is 6.79 Å². The maximum absolute atomic E-state index is 7.33. The molecule has 1 heterocycles. The third kappa shape index (κ3) is 2.20. The molecule has 0 amide bonds. The summed E-state index contributed by atoms with van der Waals surface area (Å²) in [6, 6.07) is 7.17. The molecule has 1 atom stereocenters. The summed E-state index contributed by atoms with van der Waals surface area (Å²) in [7, 11) is 1.55. The average Bonchev–Trinajstić information content (AvgIpc) is 2.85. The predicted octanol–water partition coefficient (Wildman–Crippen LogP) is 1.74. The van der Waals surface area contributed by atoms with Gasteiger partial charge in [0.25, 0.3) is 0 Å². The van der Waals surface area contributed by atoms with Crippen LogP contribution in [0.25, 0.3) is 0 Å². The van der Waals surface area contributed by atoms with Gasteiger partial charge in [0, 0.05) is 7.11 Å². The standard InChI is InChI=1S/C10H12O3/c1-11-7-13-9-4-2-3-8(5-9)10-6-12-10/h2-5,10H,6-7H2,1H3/t10-/m0/s1/i6D2. The van der Waals surface area contributed by atoms with E-state index in [1.807, 2.05) is 6.07 Å². The van der Waals surface area contributed by atoms with Gasteiger partial charge in [-0.3, -0.25) is 0 Å². The molecule has 70 valence electrons. The Kier molecular flexibility index (Phi) is 1.86. The molecule has 0 radical (unpaired) electrons. The van der Waals surface area contributed by atoms with Gasteiger partial charge >= 0.3 is 0 Å². The predicted molar refractivity (Wildman–Crippen MR) is 47.6 cm³/mol. The Morgan fingerprint density at radius 1 is 1.69 bits per heavy atom. The van der Waals surface area contributed by atoms with Crippen LogP contribution in [0.4, 0.5) is 0 Å². The first-order valence-corrected chi connectivity index (χ1v) is 4.03. The number of rotatable bonds is 4. The van der Waals surface area contributed by atoms with Gasteiger partial charge in [0.1, 0.15) is 11.9 Å². The van der Waals surface area contributed by atoms with Gasteiger partial charge in [-0.25, -0.2) is 0 Å². The third-order valence-corrected chi connectivity index (χ3v) is 1.74. The lowest BCUT2D eigenvalue weighted by molar-refractivity contribution is 0.0510. The molecule has 1 aliphatic rings. The molecule has 1 aromatic rings. The molecular weight excluding hydrogens is 168 g/mol. The first kappa shape index (κ1) is 6.40. The van der Waals surface area contributed by atoms with Gasteiger partial charge in [-0.05, 0) is 17.7 Å². The fraction of sp³-hybridized carbons (Fsp3) is 0.400. The molecule has 1 aromatic carbocycles. The molecule has 0 spiro atoms. The second kappa shape index (κ2) is 3.77. The van der Waals surface area contributed by atoms with E-state index in [9.17, 15) is 0 Å². The summed E-state index contributed by atoms with van der Waals surface area (Å²) in [5, 5.41) is 0. The number of methoxy groups -OCH3 is 1. The quantitative estimate of drug-likeness (QED) is 0.525. The second-order valence-electron chi connectivity index (χ2n) is 2.74. The van der Waals surface area contributed by atoms with Gasteiger partial charge in [0.2, 0.25) is 0 Å². The molecule has 0 N–H and O–H groups in total. The van der Waals surface area contributed by atoms with Crippen molar-refractivity contribution in [1.82, 2.24) is 0 Å². The molecule has 0 aromatic heterocycles. The molecule has 1 aliphatic heterocycles. The fourth-order valence-electron chi connectivity index (χ4n) is 1.06. The highest BCUT2D eigenvalue weighted by Crippen LogP contribution is 2.31. The Hall–Kier alpha value is -1.06. The Balaban J connectivity index is 2.07. The third-order valence-electron chi connectivity index (χ3n) is 1.74. The summed E-state index contributed by atoms with van der Waals surface area (Å²) in [5.74, 6) is 0.653. The van der Waals surface area contributed by atoms with Crippen LogP contribution in [0.15, 0.2) is 24.3 Å². The zero-order valence-corrected chi connectivity index (χ0v) is 7.32. The van der Waals surface area contributed by atoms with Crippen molar-refractivity contribution in [3.63, 3.8) is 0 Å². The number of benzene rings is 1. The summed E-state index contributed by atoms with van der Waals surface area (Å²) >= 11 is 0. The maximum atomic E-state index is 7.33. The maximum Gasteiger partial charge on any atom is 0.188 e. The Labute approximate surface area is 80.0 Å². The van der Waals surface area contributed by atoms with Crippen molar-refractivity contribution in [2.45, 2.75) is 6.10 Å². The molecule has 0 aliphatic carbocycles. The van der Waals surface area contributed by atoms with Crippen molar-refractivity contribution < 1.29 is 17.0 Å². The summed E-state index contributed by atoms with van der Waals surface area (Å²) in [4.78, 5) is 0. The highest BCUT2D eigenvalue weighted by molar-refractivity contribution is 5.31. The topological polar surface area (TPSA) is 31.0 Å². The number of hydrogen-bond acceptors (Lipinski definition) is 3. The van der Waals surface area contributed by atoms with Crippen LogP contribution in [0, 0.1) is 0 Å². The number of epoxide rings is 1. The normalized spacial score (nSPS) is 26.1. The van der Waals surface area contributed by atoms with Gasteiger partial charge in [-0.1, -0.05) is 12.1 Å². The minimum atomic E-state index is -1.53. The van der Waals surface area contributed by atoms with E-state index in [-0.39, 0.29) is 6.79 Å². The highest BCUT2D eigenvalue weighted by Gasteiger charge is 2.24. The van der Waals surface area contributed by atoms with Crippen LogP contribution in [0.5, 0.6) is 5.75 Å². The summed E-state index contributed by atoms with van der Waals surface area (Å²) in [6.07, 6.45) is -0.469. The van der Waals surface area contributed by atoms with Crippen molar-refractivity contribution >= 4 is 0 Å². The van der Waals surface area contributed by atoms with E-state index >= 15 is 0 Å². The molecule has 1 fully saturated rings. The van der Waals surface area contributed by atoms with E-state index in [4.69, 9.17) is 17.0 Å². The van der Waals surface area contributed by atoms with E-state index in [0.717, 1.165) is 5.56 Å². The van der Waals surface area contributed by atoms with Crippen molar-refractivity contribution in [3.8, 4) is 5.75 Å². The zero-order chi connectivity index (χ0) is 10.9. The molecule has 3 heteroatoms. The Morgan fingerprint density at radius 3 is 3.23 bits per heavy atom. The molecule has 13 heavy (non-hydrogen) atoms. The zero-order valence-electron chi connectivity index (χ0n) is 9.32. The van der Waals surface area contributed by atoms with Crippen LogP contribution in [0.1, 0.15) is 14.4 Å². The molecule has 1 saturated heterocycles. The SMILES string of the molecule is [2H]C1([2H])O[C@@H]1c1cccc(OCOC)c1. The van der Waals surface area contributed by atoms with Crippen LogP contribution < -0.4 is 4.74 Å². The summed E-state index contributed by atoms with van der Waals surface area (Å²) < 4.78 is 29.6. The highest BCUT2D eigenvalue weighted by atomic mass is 16.7. The van der Waals surface area contributed by atoms with Crippen molar-refractivity contribution in [3.05, 3.63) is 29.8 Å². The van der Waals surface area contributed by atoms with Gasteiger partial charge < -0.3 is 14.2 Å². The van der Waals surface area contributed by atoms with Gasteiger partial charge in [0.05, 0.1) is 9.30 Å². The first-order valence-electron chi connectivity index (χ1n) is 5.03. The Morgan fingerprint density at radius 2 is 2.54 bits per heavy atom. The molecule has 2 rings (SSSR count). The molecule has 0 unspecified atom stereocenters. The molecular formula is C10H12O3. The molecule has 0 saturated carbocycles. The van der Waals surface area contributed by atoms with Crippen LogP contribution in [-0.4, -0.2) is 20.5 Å². The van der Waals surface area contributed by atoms with Crippen molar-refractivity contribution in [2.75, 3.05) is 20.5 Å². The van der Waals surface area contributed by atoms with Crippen molar-refractivity contribution in [1.29, 1.82) is 0 Å². The Bertz CT molecular complexity index is 354. The monoisotopic (exact) mass is 182 g/mol. The summed E-state index contributed by atoms with van der Waals surface area (Å²) in [5.41, 5.74) is 0.786. The van der Waals surface area contributed by atoms with Crippen LogP contribution >= 0.6 is 0 Å². The lowest BCUT2D eigenvalue weighted by Crippen LogP contribution is -1.98. The lowest BCUT2D eigenvalue weighted by atomic mass is 10.1. The van der Waals surface area contributed by atoms with Crippen molar-refractivity contribution in [2.24, 2.45) is 0 Å². The minimum Gasteiger partial charge on any atom is -0.468 e. The van der Waals surface area contributed by atoms with E-state index in [0.29, 0.717) is 5.75 Å². The van der Waals surface area contributed by atoms with Gasteiger partial charge in [-0.2, -0.15) is 0 Å². The van der Waals surface area contributed by atoms with Crippen LogP contribution in [0.2, 0.25) is 0 Å². The second-order valence-corrected chi connectivity index (χ2v) is 2.74. The van der Waals surface area contributed by atoms with E-state index < -0.39 is 12.7 Å². The number of ether oxygens (including phenoxy) is 3. The minimum absolute atomic E-state index is 0.182. The van der Waals surface area contributed by atoms with E-state index in [2.05, 4.69) is 0 Å². The smallest absolute Gasteiger partial charge is 0.188 e. The largest absolute Gasteiger partial charge is 0.468 e.